The standard InChI is InChI=1S/C19H25BN5/c1-14(2)10-17-6-9-19(20-11-17)22-15(3)18-7-4-16(5-8-18)12-25-13-21-23-24-25/h4-5,7-8,13,17,19,22H,1,3,6,9-12H2,2H3. The molecule has 3 rings (SSSR count). The minimum atomic E-state index is 0.412. The Morgan fingerprint density at radius 1 is 1.28 bits per heavy atom. The third kappa shape index (κ3) is 5.05. The van der Waals surface area contributed by atoms with Crippen molar-refractivity contribution >= 4 is 13.0 Å². The summed E-state index contributed by atoms with van der Waals surface area (Å²) in [5.41, 5.74) is 4.55. The lowest BCUT2D eigenvalue weighted by Gasteiger charge is -2.30. The topological polar surface area (TPSA) is 55.6 Å². The summed E-state index contributed by atoms with van der Waals surface area (Å²) in [6.45, 7) is 11.0. The molecule has 2 atom stereocenters. The van der Waals surface area contributed by atoms with E-state index in [2.05, 4.69) is 72.5 Å². The summed E-state index contributed by atoms with van der Waals surface area (Å²) in [4.78, 5) is 0. The molecule has 5 nitrogen and oxygen atoms in total. The highest BCUT2D eigenvalue weighted by Crippen LogP contribution is 2.26. The van der Waals surface area contributed by atoms with E-state index in [-0.39, 0.29) is 0 Å². The predicted molar refractivity (Wildman–Crippen MR) is 102 cm³/mol. The van der Waals surface area contributed by atoms with Gasteiger partial charge in [-0.2, -0.15) is 0 Å². The lowest BCUT2D eigenvalue weighted by atomic mass is 9.55. The van der Waals surface area contributed by atoms with Crippen LogP contribution in [0.5, 0.6) is 0 Å². The zero-order chi connectivity index (χ0) is 17.6. The number of rotatable bonds is 7. The van der Waals surface area contributed by atoms with E-state index in [4.69, 9.17) is 0 Å². The van der Waals surface area contributed by atoms with Crippen LogP contribution in [0.2, 0.25) is 6.32 Å². The maximum Gasteiger partial charge on any atom is 0.140 e. The molecule has 2 aromatic rings. The van der Waals surface area contributed by atoms with Crippen LogP contribution in [0.25, 0.3) is 5.70 Å². The van der Waals surface area contributed by atoms with E-state index in [0.717, 1.165) is 41.9 Å². The first kappa shape index (κ1) is 17.5. The van der Waals surface area contributed by atoms with Crippen LogP contribution < -0.4 is 5.32 Å². The lowest BCUT2D eigenvalue weighted by molar-refractivity contribution is 0.459. The Morgan fingerprint density at radius 3 is 2.68 bits per heavy atom. The zero-order valence-electron chi connectivity index (χ0n) is 14.9. The highest BCUT2D eigenvalue weighted by molar-refractivity contribution is 6.38. The van der Waals surface area contributed by atoms with E-state index in [1.807, 2.05) is 0 Å². The molecule has 0 aliphatic carbocycles. The van der Waals surface area contributed by atoms with E-state index in [0.29, 0.717) is 12.5 Å². The number of tetrazole rings is 1. The van der Waals surface area contributed by atoms with Gasteiger partial charge in [-0.25, -0.2) is 4.68 Å². The third-order valence-corrected chi connectivity index (χ3v) is 4.68. The third-order valence-electron chi connectivity index (χ3n) is 4.68. The first-order valence-corrected chi connectivity index (χ1v) is 8.83. The van der Waals surface area contributed by atoms with Crippen LogP contribution in [-0.4, -0.2) is 33.4 Å². The number of nitrogens with one attached hydrogen (secondary N) is 1. The fourth-order valence-corrected chi connectivity index (χ4v) is 3.38. The van der Waals surface area contributed by atoms with Gasteiger partial charge in [0.15, 0.2) is 0 Å². The molecule has 0 bridgehead atoms. The number of benzene rings is 1. The molecule has 25 heavy (non-hydrogen) atoms. The molecule has 2 heterocycles. The summed E-state index contributed by atoms with van der Waals surface area (Å²) in [6, 6.07) is 8.39. The highest BCUT2D eigenvalue weighted by atomic mass is 15.5. The van der Waals surface area contributed by atoms with Crippen LogP contribution in [0.4, 0.5) is 0 Å². The SMILES string of the molecule is C=C(C)CC1C[B]C(NC(=C)c2ccc(Cn3cnnn3)cc2)CC1. The van der Waals surface area contributed by atoms with E-state index in [9.17, 15) is 0 Å². The van der Waals surface area contributed by atoms with Crippen molar-refractivity contribution in [2.75, 3.05) is 0 Å². The molecule has 1 aliphatic heterocycles. The van der Waals surface area contributed by atoms with Gasteiger partial charge in [-0.15, -0.1) is 11.7 Å². The summed E-state index contributed by atoms with van der Waals surface area (Å²) in [5.74, 6) is 1.17. The molecule has 1 radical (unpaired) electrons. The van der Waals surface area contributed by atoms with Crippen LogP contribution in [0.15, 0.2) is 49.3 Å². The zero-order valence-corrected chi connectivity index (χ0v) is 14.9. The van der Waals surface area contributed by atoms with Gasteiger partial charge < -0.3 is 5.32 Å². The predicted octanol–water partition coefficient (Wildman–Crippen LogP) is 3.11. The fourth-order valence-electron chi connectivity index (χ4n) is 3.38. The molecule has 1 aliphatic rings. The van der Waals surface area contributed by atoms with Gasteiger partial charge in [-0.05, 0) is 59.6 Å². The average Bonchev–Trinajstić information content (AvgIpc) is 3.10. The van der Waals surface area contributed by atoms with Crippen molar-refractivity contribution in [1.82, 2.24) is 25.5 Å². The van der Waals surface area contributed by atoms with Crippen LogP contribution in [-0.2, 0) is 6.54 Å². The Balaban J connectivity index is 1.49. The summed E-state index contributed by atoms with van der Waals surface area (Å²) >= 11 is 0. The van der Waals surface area contributed by atoms with Crippen LogP contribution in [0, 0.1) is 5.92 Å². The summed E-state index contributed by atoms with van der Waals surface area (Å²) in [6.07, 6.45) is 6.33. The quantitative estimate of drug-likeness (QED) is 0.624. The average molecular weight is 334 g/mol. The Labute approximate surface area is 150 Å². The minimum absolute atomic E-state index is 0.412. The minimum Gasteiger partial charge on any atom is -0.390 e. The van der Waals surface area contributed by atoms with Gasteiger partial charge in [0, 0.05) is 5.70 Å². The fraction of sp³-hybridized carbons (Fsp3) is 0.421. The Morgan fingerprint density at radius 2 is 2.08 bits per heavy atom. The van der Waals surface area contributed by atoms with E-state index < -0.39 is 0 Å². The van der Waals surface area contributed by atoms with Crippen LogP contribution in [0.1, 0.15) is 37.3 Å². The van der Waals surface area contributed by atoms with Crippen molar-refractivity contribution in [2.24, 2.45) is 5.92 Å². The molecular weight excluding hydrogens is 309 g/mol. The van der Waals surface area contributed by atoms with E-state index in [1.54, 1.807) is 11.0 Å². The molecular formula is C19H25BN5. The maximum absolute atomic E-state index is 4.21. The molecule has 1 N–H and O–H groups in total. The Kier molecular flexibility index (Phi) is 5.69. The molecule has 0 saturated carbocycles. The van der Waals surface area contributed by atoms with Crippen molar-refractivity contribution < 1.29 is 0 Å². The molecule has 6 heteroatoms. The van der Waals surface area contributed by atoms with Crippen LogP contribution >= 0.6 is 0 Å². The van der Waals surface area contributed by atoms with Gasteiger partial charge in [0.2, 0.25) is 0 Å². The largest absolute Gasteiger partial charge is 0.390 e. The van der Waals surface area contributed by atoms with Crippen molar-refractivity contribution in [2.45, 2.75) is 45.0 Å². The molecule has 1 aromatic heterocycles. The molecule has 1 saturated heterocycles. The second kappa shape index (κ2) is 8.14. The van der Waals surface area contributed by atoms with Gasteiger partial charge >= 0.3 is 0 Å². The van der Waals surface area contributed by atoms with E-state index >= 15 is 0 Å². The van der Waals surface area contributed by atoms with Gasteiger partial charge in [0.05, 0.1) is 6.54 Å². The monoisotopic (exact) mass is 334 g/mol. The molecule has 129 valence electrons. The van der Waals surface area contributed by atoms with Crippen molar-refractivity contribution in [3.63, 3.8) is 0 Å². The Hall–Kier alpha value is -2.37. The Bertz CT molecular complexity index is 700. The summed E-state index contributed by atoms with van der Waals surface area (Å²) in [7, 11) is 2.40. The first-order valence-electron chi connectivity index (χ1n) is 8.83. The maximum atomic E-state index is 4.21. The van der Waals surface area contributed by atoms with Gasteiger partial charge in [-0.1, -0.05) is 42.7 Å². The lowest BCUT2D eigenvalue weighted by Crippen LogP contribution is -2.37. The number of nitrogens with zero attached hydrogens (tertiary/aromatic N) is 4. The summed E-state index contributed by atoms with van der Waals surface area (Å²) < 4.78 is 1.71. The van der Waals surface area contributed by atoms with Crippen molar-refractivity contribution in [3.8, 4) is 0 Å². The highest BCUT2D eigenvalue weighted by Gasteiger charge is 2.22. The molecule has 0 spiro atoms. The smallest absolute Gasteiger partial charge is 0.140 e. The normalized spacial score (nSPS) is 19.9. The number of allylic oxidation sites excluding steroid dienone is 1. The second-order valence-electron chi connectivity index (χ2n) is 7.01. The van der Waals surface area contributed by atoms with Crippen molar-refractivity contribution in [3.05, 3.63) is 60.5 Å². The van der Waals surface area contributed by atoms with Gasteiger partial charge in [0.1, 0.15) is 13.6 Å². The summed E-state index contributed by atoms with van der Waals surface area (Å²) in [5, 5.41) is 14.8. The molecule has 1 aromatic carbocycles. The molecule has 2 unspecified atom stereocenters. The van der Waals surface area contributed by atoms with Gasteiger partial charge in [-0.3, -0.25) is 0 Å². The van der Waals surface area contributed by atoms with E-state index in [1.165, 1.54) is 12.0 Å². The molecule has 0 amide bonds. The number of hydrogen-bond acceptors (Lipinski definition) is 4. The van der Waals surface area contributed by atoms with Crippen molar-refractivity contribution in [1.29, 1.82) is 0 Å². The second-order valence-corrected chi connectivity index (χ2v) is 7.01. The number of aromatic nitrogens is 4. The number of hydrogen-bond donors (Lipinski definition) is 1. The van der Waals surface area contributed by atoms with Gasteiger partial charge in [0.25, 0.3) is 0 Å². The van der Waals surface area contributed by atoms with Crippen LogP contribution in [0.3, 0.4) is 0 Å². The first-order chi connectivity index (χ1) is 12.1. The molecule has 1 fully saturated rings.